The third-order valence-corrected chi connectivity index (χ3v) is 5.54. The van der Waals surface area contributed by atoms with Crippen molar-refractivity contribution in [1.29, 1.82) is 0 Å². The number of hydrogen-bond donors (Lipinski definition) is 2. The van der Waals surface area contributed by atoms with E-state index in [1.165, 1.54) is 10.4 Å². The minimum atomic E-state index is -3.45. The van der Waals surface area contributed by atoms with Crippen LogP contribution in [0.5, 0.6) is 5.75 Å². The van der Waals surface area contributed by atoms with Gasteiger partial charge in [0, 0.05) is 19.6 Å². The molecule has 0 radical (unpaired) electrons. The molecule has 23 heavy (non-hydrogen) atoms. The van der Waals surface area contributed by atoms with Crippen LogP contribution in [-0.4, -0.2) is 56.6 Å². The summed E-state index contributed by atoms with van der Waals surface area (Å²) in [6.45, 7) is 2.72. The number of aliphatic hydroxyl groups excluding tert-OH is 1. The molecule has 1 aromatic carbocycles. The lowest BCUT2D eigenvalue weighted by molar-refractivity contribution is -0.123. The Morgan fingerprint density at radius 2 is 2.04 bits per heavy atom. The molecule has 1 aromatic rings. The molecule has 0 saturated carbocycles. The summed E-state index contributed by atoms with van der Waals surface area (Å²) in [6, 6.07) is 4.63. The van der Waals surface area contributed by atoms with Crippen LogP contribution < -0.4 is 10.1 Å². The molecule has 7 nitrogen and oxygen atoms in total. The quantitative estimate of drug-likeness (QED) is 0.741. The highest BCUT2D eigenvalue weighted by atomic mass is 32.2. The molecule has 1 amide bonds. The van der Waals surface area contributed by atoms with Gasteiger partial charge in [-0.2, -0.15) is 4.31 Å². The van der Waals surface area contributed by atoms with Crippen LogP contribution in [0.25, 0.3) is 0 Å². The lowest BCUT2D eigenvalue weighted by Crippen LogP contribution is -2.31. The number of aliphatic hydroxyl groups is 1. The van der Waals surface area contributed by atoms with E-state index in [1.54, 1.807) is 19.1 Å². The third kappa shape index (κ3) is 4.43. The van der Waals surface area contributed by atoms with Crippen molar-refractivity contribution >= 4 is 15.9 Å². The number of ether oxygens (including phenoxy) is 1. The molecule has 0 atom stereocenters. The van der Waals surface area contributed by atoms with Crippen molar-refractivity contribution in [2.75, 3.05) is 32.8 Å². The summed E-state index contributed by atoms with van der Waals surface area (Å²) in [4.78, 5) is 11.7. The maximum absolute atomic E-state index is 12.5. The van der Waals surface area contributed by atoms with Gasteiger partial charge in [0.05, 0.1) is 11.5 Å². The first-order chi connectivity index (χ1) is 10.9. The van der Waals surface area contributed by atoms with Crippen molar-refractivity contribution in [3.05, 3.63) is 23.8 Å². The number of aryl methyl sites for hydroxylation is 1. The van der Waals surface area contributed by atoms with Crippen LogP contribution in [0.2, 0.25) is 0 Å². The second kappa shape index (κ2) is 7.76. The molecule has 0 unspecified atom stereocenters. The Morgan fingerprint density at radius 3 is 2.65 bits per heavy atom. The molecular formula is C15H22N2O5S. The van der Waals surface area contributed by atoms with Gasteiger partial charge in [-0.1, -0.05) is 0 Å². The first kappa shape index (κ1) is 17.7. The van der Waals surface area contributed by atoms with Crippen LogP contribution in [0, 0.1) is 6.92 Å². The monoisotopic (exact) mass is 342 g/mol. The number of nitrogens with one attached hydrogen (secondary N) is 1. The fourth-order valence-electron chi connectivity index (χ4n) is 2.41. The summed E-state index contributed by atoms with van der Waals surface area (Å²) >= 11 is 0. The van der Waals surface area contributed by atoms with Crippen LogP contribution in [0.1, 0.15) is 18.4 Å². The average Bonchev–Trinajstić information content (AvgIpc) is 3.06. The molecule has 0 spiro atoms. The Hall–Kier alpha value is -1.64. The van der Waals surface area contributed by atoms with E-state index in [2.05, 4.69) is 5.32 Å². The number of carbonyl (C=O) groups is 1. The highest BCUT2D eigenvalue weighted by molar-refractivity contribution is 7.89. The summed E-state index contributed by atoms with van der Waals surface area (Å²) in [6.07, 6.45) is 1.78. The molecule has 2 rings (SSSR count). The van der Waals surface area contributed by atoms with Crippen LogP contribution in [0.15, 0.2) is 23.1 Å². The molecule has 1 aliphatic rings. The molecule has 0 aromatic heterocycles. The number of sulfonamides is 1. The van der Waals surface area contributed by atoms with Crippen LogP contribution in [0.4, 0.5) is 0 Å². The molecule has 1 heterocycles. The smallest absolute Gasteiger partial charge is 0.258 e. The van der Waals surface area contributed by atoms with E-state index in [4.69, 9.17) is 9.84 Å². The third-order valence-electron chi connectivity index (χ3n) is 3.64. The summed E-state index contributed by atoms with van der Waals surface area (Å²) in [5, 5.41) is 11.1. The van der Waals surface area contributed by atoms with E-state index in [0.717, 1.165) is 12.8 Å². The molecule has 0 aliphatic carbocycles. The topological polar surface area (TPSA) is 95.9 Å². The zero-order chi connectivity index (χ0) is 16.9. The van der Waals surface area contributed by atoms with E-state index in [9.17, 15) is 13.2 Å². The maximum atomic E-state index is 12.5. The Balaban J connectivity index is 2.04. The fraction of sp³-hybridized carbons (Fsp3) is 0.533. The van der Waals surface area contributed by atoms with Gasteiger partial charge in [0.15, 0.2) is 6.61 Å². The first-order valence-electron chi connectivity index (χ1n) is 7.56. The van der Waals surface area contributed by atoms with Gasteiger partial charge in [0.2, 0.25) is 10.0 Å². The molecular weight excluding hydrogens is 320 g/mol. The van der Waals surface area contributed by atoms with Crippen LogP contribution >= 0.6 is 0 Å². The Labute approximate surface area is 136 Å². The molecule has 1 saturated heterocycles. The predicted octanol–water partition coefficient (Wildman–Crippen LogP) is 0.267. The largest absolute Gasteiger partial charge is 0.484 e. The van der Waals surface area contributed by atoms with E-state index in [0.29, 0.717) is 24.4 Å². The lowest BCUT2D eigenvalue weighted by atomic mass is 10.2. The fourth-order valence-corrected chi connectivity index (χ4v) is 4.01. The summed E-state index contributed by atoms with van der Waals surface area (Å²) in [5.41, 5.74) is 0.653. The van der Waals surface area contributed by atoms with Crippen molar-refractivity contribution in [2.24, 2.45) is 0 Å². The van der Waals surface area contributed by atoms with Gasteiger partial charge in [-0.05, 0) is 43.5 Å². The highest BCUT2D eigenvalue weighted by Crippen LogP contribution is 2.25. The zero-order valence-electron chi connectivity index (χ0n) is 13.1. The number of amides is 1. The molecule has 1 aliphatic heterocycles. The van der Waals surface area contributed by atoms with Crippen molar-refractivity contribution in [1.82, 2.24) is 9.62 Å². The van der Waals surface area contributed by atoms with E-state index in [-0.39, 0.29) is 30.6 Å². The van der Waals surface area contributed by atoms with Gasteiger partial charge in [-0.25, -0.2) is 8.42 Å². The summed E-state index contributed by atoms with van der Waals surface area (Å²) in [5.74, 6) is 0.122. The number of benzene rings is 1. The zero-order valence-corrected chi connectivity index (χ0v) is 13.9. The van der Waals surface area contributed by atoms with Crippen molar-refractivity contribution in [3.63, 3.8) is 0 Å². The molecule has 2 N–H and O–H groups in total. The van der Waals surface area contributed by atoms with Crippen LogP contribution in [0.3, 0.4) is 0 Å². The number of rotatable bonds is 7. The first-order valence-corrected chi connectivity index (χ1v) is 9.00. The minimum absolute atomic E-state index is 0.131. The van der Waals surface area contributed by atoms with Gasteiger partial charge < -0.3 is 15.2 Å². The van der Waals surface area contributed by atoms with Gasteiger partial charge in [0.25, 0.3) is 5.91 Å². The SMILES string of the molecule is Cc1cc(S(=O)(=O)N2CCCC2)ccc1OCC(=O)NCCO. The Kier molecular flexibility index (Phi) is 5.97. The molecule has 1 fully saturated rings. The van der Waals surface area contributed by atoms with Crippen molar-refractivity contribution in [2.45, 2.75) is 24.7 Å². The maximum Gasteiger partial charge on any atom is 0.258 e. The summed E-state index contributed by atoms with van der Waals surface area (Å²) < 4.78 is 31.8. The number of carbonyl (C=O) groups excluding carboxylic acids is 1. The van der Waals surface area contributed by atoms with Gasteiger partial charge in [-0.15, -0.1) is 0 Å². The standard InChI is InChI=1S/C15H22N2O5S/c1-12-10-13(23(20,21)17-7-2-3-8-17)4-5-14(12)22-11-15(19)16-6-9-18/h4-5,10,18H,2-3,6-9,11H2,1H3,(H,16,19). The second-order valence-corrected chi connectivity index (χ2v) is 7.34. The normalized spacial score (nSPS) is 15.6. The lowest BCUT2D eigenvalue weighted by Gasteiger charge is -2.17. The highest BCUT2D eigenvalue weighted by Gasteiger charge is 2.27. The predicted molar refractivity (Wildman–Crippen MR) is 84.8 cm³/mol. The summed E-state index contributed by atoms with van der Waals surface area (Å²) in [7, 11) is -3.45. The number of hydrogen-bond acceptors (Lipinski definition) is 5. The van der Waals surface area contributed by atoms with E-state index in [1.807, 2.05) is 0 Å². The van der Waals surface area contributed by atoms with E-state index >= 15 is 0 Å². The molecule has 128 valence electrons. The number of nitrogens with zero attached hydrogens (tertiary/aromatic N) is 1. The van der Waals surface area contributed by atoms with Gasteiger partial charge in [-0.3, -0.25) is 4.79 Å². The Bertz CT molecular complexity index is 654. The van der Waals surface area contributed by atoms with E-state index < -0.39 is 10.0 Å². The second-order valence-electron chi connectivity index (χ2n) is 5.40. The Morgan fingerprint density at radius 1 is 1.35 bits per heavy atom. The van der Waals surface area contributed by atoms with Crippen molar-refractivity contribution in [3.8, 4) is 5.75 Å². The van der Waals surface area contributed by atoms with Gasteiger partial charge >= 0.3 is 0 Å². The minimum Gasteiger partial charge on any atom is -0.484 e. The molecule has 0 bridgehead atoms. The van der Waals surface area contributed by atoms with Crippen molar-refractivity contribution < 1.29 is 23.1 Å². The van der Waals surface area contributed by atoms with Crippen LogP contribution in [-0.2, 0) is 14.8 Å². The average molecular weight is 342 g/mol. The van der Waals surface area contributed by atoms with Gasteiger partial charge in [0.1, 0.15) is 5.75 Å². The molecule has 8 heteroatoms.